The third-order valence-electron chi connectivity index (χ3n) is 3.80. The number of hydrogen-bond donors (Lipinski definition) is 5. The van der Waals surface area contributed by atoms with Crippen LogP contribution in [0.15, 0.2) is 30.3 Å². The second-order valence-electron chi connectivity index (χ2n) is 5.92. The van der Waals surface area contributed by atoms with Gasteiger partial charge in [0, 0.05) is 18.2 Å². The molecule has 0 bridgehead atoms. The molecule has 0 saturated carbocycles. The molecule has 2 rings (SSSR count). The molecule has 0 amide bonds. The molecule has 0 unspecified atom stereocenters. The van der Waals surface area contributed by atoms with Gasteiger partial charge in [-0.2, -0.15) is 13.2 Å². The minimum absolute atomic E-state index is 0.0644. The van der Waals surface area contributed by atoms with Gasteiger partial charge in [-0.05, 0) is 49.0 Å². The number of nitrogens with one attached hydrogen (secondary N) is 3. The van der Waals surface area contributed by atoms with Gasteiger partial charge >= 0.3 is 12.1 Å². The Morgan fingerprint density at radius 1 is 1.10 bits per heavy atom. The Kier molecular flexibility index (Phi) is 8.13. The number of anilines is 3. The van der Waals surface area contributed by atoms with E-state index in [0.29, 0.717) is 6.42 Å². The van der Waals surface area contributed by atoms with Crippen LogP contribution in [0.3, 0.4) is 0 Å². The first-order chi connectivity index (χ1) is 14.0. The van der Waals surface area contributed by atoms with Crippen LogP contribution in [-0.2, 0) is 6.18 Å². The SMILES string of the molecule is O=C(O)c1ccc(Cl)c(NC(=S)Nc2ccc(Cl)cc2C(F)(F)F)c1NCCCO. The van der Waals surface area contributed by atoms with E-state index >= 15 is 0 Å². The van der Waals surface area contributed by atoms with Gasteiger partial charge in [-0.25, -0.2) is 4.79 Å². The van der Waals surface area contributed by atoms with Gasteiger partial charge in [0.1, 0.15) is 0 Å². The van der Waals surface area contributed by atoms with Crippen LogP contribution in [0.25, 0.3) is 0 Å². The lowest BCUT2D eigenvalue weighted by atomic mass is 10.1. The predicted octanol–water partition coefficient (Wildman–Crippen LogP) is 5.31. The first-order valence-electron chi connectivity index (χ1n) is 8.40. The van der Waals surface area contributed by atoms with Crippen LogP contribution in [0.4, 0.5) is 30.2 Å². The summed E-state index contributed by atoms with van der Waals surface area (Å²) in [7, 11) is 0. The van der Waals surface area contributed by atoms with Crippen LogP contribution in [0.2, 0.25) is 10.0 Å². The van der Waals surface area contributed by atoms with E-state index < -0.39 is 17.7 Å². The Morgan fingerprint density at radius 3 is 2.40 bits per heavy atom. The number of aliphatic hydroxyl groups is 1. The fourth-order valence-corrected chi connectivity index (χ4v) is 3.07. The van der Waals surface area contributed by atoms with E-state index in [1.165, 1.54) is 18.2 Å². The Morgan fingerprint density at radius 2 is 1.80 bits per heavy atom. The molecule has 6 nitrogen and oxygen atoms in total. The summed E-state index contributed by atoms with van der Waals surface area (Å²) in [5, 5.41) is 26.0. The minimum Gasteiger partial charge on any atom is -0.478 e. The molecule has 0 aliphatic rings. The monoisotopic (exact) mass is 481 g/mol. The molecular formula is C18H16Cl2F3N3O3S. The molecule has 0 aliphatic heterocycles. The third-order valence-corrected chi connectivity index (χ3v) is 4.55. The molecule has 2 aromatic rings. The fraction of sp³-hybridized carbons (Fsp3) is 0.222. The standard InChI is InChI=1S/C18H16Cl2F3N3O3S/c19-9-2-5-13(11(8-9)18(21,22)23)25-17(30)26-15-12(20)4-3-10(16(28)29)14(15)24-6-1-7-27/h2-5,8,24,27H,1,6-7H2,(H,28,29)(H2,25,26,30). The molecule has 30 heavy (non-hydrogen) atoms. The van der Waals surface area contributed by atoms with E-state index in [1.807, 2.05) is 0 Å². The second kappa shape index (κ2) is 10.2. The van der Waals surface area contributed by atoms with Crippen molar-refractivity contribution in [2.75, 3.05) is 29.1 Å². The van der Waals surface area contributed by atoms with Crippen molar-refractivity contribution in [1.82, 2.24) is 0 Å². The molecule has 0 aromatic heterocycles. The van der Waals surface area contributed by atoms with E-state index in [1.54, 1.807) is 0 Å². The Bertz CT molecular complexity index is 958. The summed E-state index contributed by atoms with van der Waals surface area (Å²) < 4.78 is 39.8. The Balaban J connectivity index is 2.35. The normalized spacial score (nSPS) is 11.1. The number of halogens is 5. The molecule has 0 atom stereocenters. The van der Waals surface area contributed by atoms with Crippen LogP contribution in [0, 0.1) is 0 Å². The van der Waals surface area contributed by atoms with Crippen molar-refractivity contribution in [3.8, 4) is 0 Å². The molecule has 0 radical (unpaired) electrons. The van der Waals surface area contributed by atoms with Crippen LogP contribution in [0.1, 0.15) is 22.3 Å². The summed E-state index contributed by atoms with van der Waals surface area (Å²) in [5.41, 5.74) is -1.35. The maximum absolute atomic E-state index is 13.3. The van der Waals surface area contributed by atoms with E-state index in [2.05, 4.69) is 16.0 Å². The van der Waals surface area contributed by atoms with E-state index in [-0.39, 0.29) is 50.9 Å². The van der Waals surface area contributed by atoms with Crippen molar-refractivity contribution in [2.24, 2.45) is 0 Å². The molecule has 5 N–H and O–H groups in total. The van der Waals surface area contributed by atoms with Gasteiger partial charge in [-0.15, -0.1) is 0 Å². The summed E-state index contributed by atoms with van der Waals surface area (Å²) in [6.07, 6.45) is -4.35. The number of thiocarbonyl (C=S) groups is 1. The predicted molar refractivity (Wildman–Crippen MR) is 115 cm³/mol. The topological polar surface area (TPSA) is 93.6 Å². The number of carboxylic acid groups (broad SMARTS) is 1. The number of carbonyl (C=O) groups is 1. The molecule has 0 aliphatic carbocycles. The number of hydrogen-bond acceptors (Lipinski definition) is 4. The van der Waals surface area contributed by atoms with Crippen molar-refractivity contribution in [2.45, 2.75) is 12.6 Å². The zero-order chi connectivity index (χ0) is 22.5. The van der Waals surface area contributed by atoms with Crippen molar-refractivity contribution < 1.29 is 28.2 Å². The average Bonchev–Trinajstić information content (AvgIpc) is 2.65. The van der Waals surface area contributed by atoms with Crippen LogP contribution >= 0.6 is 35.4 Å². The zero-order valence-electron chi connectivity index (χ0n) is 15.1. The van der Waals surface area contributed by atoms with Crippen LogP contribution < -0.4 is 16.0 Å². The van der Waals surface area contributed by atoms with Gasteiger partial charge in [0.25, 0.3) is 0 Å². The first-order valence-corrected chi connectivity index (χ1v) is 9.56. The lowest BCUT2D eigenvalue weighted by Gasteiger charge is -2.20. The first kappa shape index (κ1) is 24.0. The van der Waals surface area contributed by atoms with Gasteiger partial charge in [0.2, 0.25) is 0 Å². The Hall–Kier alpha value is -2.27. The summed E-state index contributed by atoms with van der Waals surface area (Å²) in [6.45, 7) is 0.0941. The van der Waals surface area contributed by atoms with Crippen LogP contribution in [0.5, 0.6) is 0 Å². The third kappa shape index (κ3) is 6.11. The molecule has 162 valence electrons. The maximum Gasteiger partial charge on any atom is 0.418 e. The smallest absolute Gasteiger partial charge is 0.418 e. The fourth-order valence-electron chi connectivity index (χ4n) is 2.48. The van der Waals surface area contributed by atoms with E-state index in [0.717, 1.165) is 12.1 Å². The second-order valence-corrected chi connectivity index (χ2v) is 7.17. The number of alkyl halides is 3. The molecule has 0 fully saturated rings. The van der Waals surface area contributed by atoms with Crippen LogP contribution in [-0.4, -0.2) is 34.4 Å². The van der Waals surface area contributed by atoms with E-state index in [9.17, 15) is 23.1 Å². The van der Waals surface area contributed by atoms with Crippen molar-refractivity contribution in [3.05, 3.63) is 51.5 Å². The van der Waals surface area contributed by atoms with E-state index in [4.69, 9.17) is 40.5 Å². The zero-order valence-corrected chi connectivity index (χ0v) is 17.4. The highest BCUT2D eigenvalue weighted by Crippen LogP contribution is 2.37. The molecule has 0 heterocycles. The number of benzene rings is 2. The van der Waals surface area contributed by atoms with Gasteiger partial charge in [0.05, 0.1) is 33.2 Å². The molecule has 0 saturated heterocycles. The highest BCUT2D eigenvalue weighted by Gasteiger charge is 2.34. The van der Waals surface area contributed by atoms with Crippen molar-refractivity contribution >= 4 is 63.6 Å². The number of carboxylic acids is 1. The van der Waals surface area contributed by atoms with Gasteiger partial charge < -0.3 is 26.2 Å². The number of aromatic carboxylic acids is 1. The van der Waals surface area contributed by atoms with Crippen molar-refractivity contribution in [1.29, 1.82) is 0 Å². The number of aliphatic hydroxyl groups excluding tert-OH is 1. The van der Waals surface area contributed by atoms with Gasteiger partial charge in [0.15, 0.2) is 5.11 Å². The molecular weight excluding hydrogens is 466 g/mol. The lowest BCUT2D eigenvalue weighted by molar-refractivity contribution is -0.136. The minimum atomic E-state index is -4.68. The number of rotatable bonds is 7. The largest absolute Gasteiger partial charge is 0.478 e. The summed E-state index contributed by atoms with van der Waals surface area (Å²) in [6, 6.07) is 5.73. The lowest BCUT2D eigenvalue weighted by Crippen LogP contribution is -2.23. The molecule has 12 heteroatoms. The summed E-state index contributed by atoms with van der Waals surface area (Å²) in [5.74, 6) is -1.25. The quantitative estimate of drug-likeness (QED) is 0.270. The highest BCUT2D eigenvalue weighted by atomic mass is 35.5. The summed E-state index contributed by atoms with van der Waals surface area (Å²) >= 11 is 16.9. The Labute approximate surface area is 185 Å². The maximum atomic E-state index is 13.3. The molecule has 2 aromatic carbocycles. The van der Waals surface area contributed by atoms with Crippen molar-refractivity contribution in [3.63, 3.8) is 0 Å². The van der Waals surface area contributed by atoms with Gasteiger partial charge in [-0.3, -0.25) is 0 Å². The van der Waals surface area contributed by atoms with Gasteiger partial charge in [-0.1, -0.05) is 23.2 Å². The highest BCUT2D eigenvalue weighted by molar-refractivity contribution is 7.80. The average molecular weight is 482 g/mol. The molecule has 0 spiro atoms. The summed E-state index contributed by atoms with van der Waals surface area (Å²) in [4.78, 5) is 11.5.